The molecule has 1 atom stereocenters. The number of aliphatic imine (C=N–C) groups is 1. The molecule has 0 radical (unpaired) electrons. The summed E-state index contributed by atoms with van der Waals surface area (Å²) in [5, 5.41) is 0. The molecule has 2 aliphatic carbocycles. The number of hydrogen-bond donors (Lipinski definition) is 1. The molecule has 0 aromatic carbocycles. The van der Waals surface area contributed by atoms with E-state index >= 15 is 0 Å². The molecular formula is C21H27F2N3. The van der Waals surface area contributed by atoms with Crippen molar-refractivity contribution in [1.29, 1.82) is 0 Å². The fourth-order valence-corrected chi connectivity index (χ4v) is 3.70. The third-order valence-corrected chi connectivity index (χ3v) is 5.31. The van der Waals surface area contributed by atoms with Crippen molar-refractivity contribution in [1.82, 2.24) is 4.98 Å². The maximum atomic E-state index is 13.3. The first-order chi connectivity index (χ1) is 12.4. The molecule has 140 valence electrons. The van der Waals surface area contributed by atoms with Gasteiger partial charge in [-0.15, -0.1) is 0 Å². The Hall–Kier alpha value is -2.04. The van der Waals surface area contributed by atoms with Gasteiger partial charge in [0.15, 0.2) is 0 Å². The van der Waals surface area contributed by atoms with Crippen LogP contribution in [-0.2, 0) is 0 Å². The van der Waals surface area contributed by atoms with Gasteiger partial charge in [0.25, 0.3) is 5.92 Å². The Morgan fingerprint density at radius 2 is 2.08 bits per heavy atom. The normalized spacial score (nSPS) is 22.3. The molecule has 1 aromatic heterocycles. The summed E-state index contributed by atoms with van der Waals surface area (Å²) in [4.78, 5) is 8.81. The molecule has 26 heavy (non-hydrogen) atoms. The van der Waals surface area contributed by atoms with E-state index in [1.807, 2.05) is 0 Å². The number of alkyl halides is 2. The summed E-state index contributed by atoms with van der Waals surface area (Å²) in [5.41, 5.74) is 8.22. The van der Waals surface area contributed by atoms with Crippen LogP contribution in [0.2, 0.25) is 0 Å². The average molecular weight is 359 g/mol. The molecule has 1 saturated carbocycles. The van der Waals surface area contributed by atoms with Crippen molar-refractivity contribution in [3.05, 3.63) is 53.4 Å². The number of amidine groups is 1. The minimum Gasteiger partial charge on any atom is -0.382 e. The number of nitrogens with two attached hydrogens (primary N) is 1. The maximum Gasteiger partial charge on any atom is 0.270 e. The van der Waals surface area contributed by atoms with E-state index < -0.39 is 5.92 Å². The van der Waals surface area contributed by atoms with E-state index in [0.29, 0.717) is 30.4 Å². The van der Waals surface area contributed by atoms with Crippen LogP contribution < -0.4 is 5.73 Å². The van der Waals surface area contributed by atoms with Gasteiger partial charge >= 0.3 is 0 Å². The molecule has 0 spiro atoms. The second-order valence-corrected chi connectivity index (χ2v) is 7.44. The molecule has 0 aliphatic heterocycles. The zero-order chi connectivity index (χ0) is 18.6. The summed E-state index contributed by atoms with van der Waals surface area (Å²) >= 11 is 0. The summed E-state index contributed by atoms with van der Waals surface area (Å²) in [7, 11) is 0. The molecule has 1 unspecified atom stereocenters. The fourth-order valence-electron chi connectivity index (χ4n) is 3.70. The quantitative estimate of drug-likeness (QED) is 0.595. The van der Waals surface area contributed by atoms with Crippen molar-refractivity contribution in [2.24, 2.45) is 16.6 Å². The molecule has 3 nitrogen and oxygen atoms in total. The first kappa shape index (κ1) is 18.7. The van der Waals surface area contributed by atoms with Gasteiger partial charge in [0.2, 0.25) is 0 Å². The van der Waals surface area contributed by atoms with Gasteiger partial charge in [-0.25, -0.2) is 8.78 Å². The number of rotatable bonds is 5. The molecule has 0 bridgehead atoms. The van der Waals surface area contributed by atoms with Crippen LogP contribution in [0.5, 0.6) is 0 Å². The van der Waals surface area contributed by atoms with Crippen molar-refractivity contribution in [2.75, 3.05) is 6.54 Å². The van der Waals surface area contributed by atoms with E-state index in [4.69, 9.17) is 5.73 Å². The second kappa shape index (κ2) is 8.11. The zero-order valence-electron chi connectivity index (χ0n) is 15.3. The molecule has 0 amide bonds. The minimum atomic E-state index is -2.78. The minimum absolute atomic E-state index is 0.0764. The van der Waals surface area contributed by atoms with Gasteiger partial charge in [-0.3, -0.25) is 9.98 Å². The van der Waals surface area contributed by atoms with E-state index in [-0.39, 0.29) is 11.5 Å². The van der Waals surface area contributed by atoms with Gasteiger partial charge in [0, 0.05) is 31.2 Å². The highest BCUT2D eigenvalue weighted by molar-refractivity contribution is 5.95. The van der Waals surface area contributed by atoms with Crippen LogP contribution in [0.25, 0.3) is 0 Å². The van der Waals surface area contributed by atoms with Crippen molar-refractivity contribution < 1.29 is 8.78 Å². The van der Waals surface area contributed by atoms with Gasteiger partial charge in [-0.1, -0.05) is 37.5 Å². The smallest absolute Gasteiger partial charge is 0.270 e. The molecule has 1 fully saturated rings. The molecule has 1 aromatic rings. The lowest BCUT2D eigenvalue weighted by Crippen LogP contribution is -2.19. The average Bonchev–Trinajstić information content (AvgIpc) is 2.66. The Kier molecular flexibility index (Phi) is 5.84. The van der Waals surface area contributed by atoms with Crippen LogP contribution >= 0.6 is 0 Å². The lowest BCUT2D eigenvalue weighted by atomic mass is 9.84. The Labute approximate surface area is 154 Å². The van der Waals surface area contributed by atoms with Gasteiger partial charge < -0.3 is 5.73 Å². The third kappa shape index (κ3) is 4.77. The standard InChI is InChI=1S/C21H27F2N3/c1-21(22,23)18-9-7-15(8-10-18)14-26-20(24)19-13-17(11-12-25-19)16-5-3-2-4-6-16/h7,9-13,15-16H,2-6,8,14H2,1H3,(H2,24,26). The molecule has 2 aliphatic rings. The van der Waals surface area contributed by atoms with Crippen LogP contribution in [-0.4, -0.2) is 23.3 Å². The first-order valence-electron chi connectivity index (χ1n) is 9.46. The largest absolute Gasteiger partial charge is 0.382 e. The molecular weight excluding hydrogens is 332 g/mol. The van der Waals surface area contributed by atoms with Crippen LogP contribution in [0.3, 0.4) is 0 Å². The van der Waals surface area contributed by atoms with Gasteiger partial charge in [-0.05, 0) is 42.9 Å². The molecule has 5 heteroatoms. The van der Waals surface area contributed by atoms with E-state index in [1.54, 1.807) is 18.3 Å². The number of hydrogen-bond acceptors (Lipinski definition) is 2. The Morgan fingerprint density at radius 1 is 1.31 bits per heavy atom. The molecule has 2 N–H and O–H groups in total. The Morgan fingerprint density at radius 3 is 2.73 bits per heavy atom. The van der Waals surface area contributed by atoms with E-state index in [9.17, 15) is 8.78 Å². The van der Waals surface area contributed by atoms with Gasteiger partial charge in [0.05, 0.1) is 0 Å². The van der Waals surface area contributed by atoms with Crippen LogP contribution in [0, 0.1) is 5.92 Å². The Bertz CT molecular complexity index is 710. The number of nitrogens with zero attached hydrogens (tertiary/aromatic N) is 2. The number of allylic oxidation sites excluding steroid dienone is 3. The predicted molar refractivity (Wildman–Crippen MR) is 102 cm³/mol. The van der Waals surface area contributed by atoms with Gasteiger partial charge in [0.1, 0.15) is 11.5 Å². The molecule has 1 heterocycles. The monoisotopic (exact) mass is 359 g/mol. The fraction of sp³-hybridized carbons (Fsp3) is 0.524. The Balaban J connectivity index is 1.62. The van der Waals surface area contributed by atoms with Crippen molar-refractivity contribution in [3.63, 3.8) is 0 Å². The molecule has 0 saturated heterocycles. The lowest BCUT2D eigenvalue weighted by Gasteiger charge is -2.22. The van der Waals surface area contributed by atoms with E-state index in [1.165, 1.54) is 43.7 Å². The number of halogens is 2. The first-order valence-corrected chi connectivity index (χ1v) is 9.46. The SMILES string of the molecule is CC(F)(F)C1=CCC(CN=C(N)c2cc(C3CCCCC3)ccn2)C=C1. The highest BCUT2D eigenvalue weighted by Crippen LogP contribution is 2.32. The van der Waals surface area contributed by atoms with E-state index in [2.05, 4.69) is 22.1 Å². The maximum absolute atomic E-state index is 13.3. The van der Waals surface area contributed by atoms with Crippen LogP contribution in [0.1, 0.15) is 62.6 Å². The van der Waals surface area contributed by atoms with Crippen molar-refractivity contribution in [3.8, 4) is 0 Å². The summed E-state index contributed by atoms with van der Waals surface area (Å²) in [6.45, 7) is 1.40. The van der Waals surface area contributed by atoms with Crippen LogP contribution in [0.4, 0.5) is 8.78 Å². The summed E-state index contributed by atoms with van der Waals surface area (Å²) in [6, 6.07) is 4.13. The summed E-state index contributed by atoms with van der Waals surface area (Å²) in [6.07, 6.45) is 13.6. The molecule has 3 rings (SSSR count). The zero-order valence-corrected chi connectivity index (χ0v) is 15.3. The second-order valence-electron chi connectivity index (χ2n) is 7.44. The van der Waals surface area contributed by atoms with E-state index in [0.717, 1.165) is 6.92 Å². The highest BCUT2D eigenvalue weighted by Gasteiger charge is 2.27. The highest BCUT2D eigenvalue weighted by atomic mass is 19.3. The van der Waals surface area contributed by atoms with Crippen molar-refractivity contribution in [2.45, 2.75) is 57.3 Å². The summed E-state index contributed by atoms with van der Waals surface area (Å²) < 4.78 is 26.6. The lowest BCUT2D eigenvalue weighted by molar-refractivity contribution is 0.0666. The van der Waals surface area contributed by atoms with Crippen LogP contribution in [0.15, 0.2) is 47.1 Å². The van der Waals surface area contributed by atoms with Gasteiger partial charge in [-0.2, -0.15) is 0 Å². The number of pyridine rings is 1. The number of aromatic nitrogens is 1. The summed E-state index contributed by atoms with van der Waals surface area (Å²) in [5.74, 6) is -1.67. The predicted octanol–water partition coefficient (Wildman–Crippen LogP) is 4.99. The third-order valence-electron chi connectivity index (χ3n) is 5.31. The van der Waals surface area contributed by atoms with Crippen molar-refractivity contribution >= 4 is 5.84 Å². The topological polar surface area (TPSA) is 51.3 Å².